The fourth-order valence-electron chi connectivity index (χ4n) is 1.28. The first-order valence-electron chi connectivity index (χ1n) is 6.72. The summed E-state index contributed by atoms with van der Waals surface area (Å²) < 4.78 is 4.83. The number of carbonyl (C=O) groups excluding carboxylic acids is 1. The van der Waals surface area contributed by atoms with E-state index in [0.717, 1.165) is 18.0 Å². The van der Waals surface area contributed by atoms with Crippen molar-refractivity contribution in [2.45, 2.75) is 33.3 Å². The topological polar surface area (TPSA) is 64.3 Å². The second-order valence-corrected chi connectivity index (χ2v) is 4.40. The van der Waals surface area contributed by atoms with Crippen LogP contribution in [0.2, 0.25) is 0 Å². The van der Waals surface area contributed by atoms with Gasteiger partial charge in [0, 0.05) is 7.05 Å². The van der Waals surface area contributed by atoms with Crippen molar-refractivity contribution in [2.24, 2.45) is 11.7 Å². The van der Waals surface area contributed by atoms with Crippen LogP contribution in [0, 0.1) is 5.92 Å². The van der Waals surface area contributed by atoms with Gasteiger partial charge in [-0.25, -0.2) is 4.79 Å². The van der Waals surface area contributed by atoms with E-state index in [1.54, 1.807) is 0 Å². The summed E-state index contributed by atoms with van der Waals surface area (Å²) in [5.74, 6) is 0.824. The van der Waals surface area contributed by atoms with Crippen molar-refractivity contribution in [3.63, 3.8) is 0 Å². The number of ether oxygens (including phenoxy) is 1. The lowest BCUT2D eigenvalue weighted by molar-refractivity contribution is 0.142. The van der Waals surface area contributed by atoms with Crippen molar-refractivity contribution in [1.29, 1.82) is 0 Å². The first-order valence-corrected chi connectivity index (χ1v) is 6.72. The smallest absolute Gasteiger partial charge is 0.407 e. The largest absolute Gasteiger partial charge is 0.445 e. The monoisotopic (exact) mass is 266 g/mol. The van der Waals surface area contributed by atoms with Crippen LogP contribution in [-0.2, 0) is 11.3 Å². The third-order valence-electron chi connectivity index (χ3n) is 2.77. The summed E-state index contributed by atoms with van der Waals surface area (Å²) in [6.07, 6.45) is 2.03. The minimum Gasteiger partial charge on any atom is -0.445 e. The highest BCUT2D eigenvalue weighted by Crippen LogP contribution is 2.02. The van der Waals surface area contributed by atoms with E-state index in [2.05, 4.69) is 19.2 Å². The molecule has 0 aromatic heterocycles. The van der Waals surface area contributed by atoms with Gasteiger partial charge in [-0.2, -0.15) is 0 Å². The van der Waals surface area contributed by atoms with Crippen LogP contribution in [0.1, 0.15) is 32.3 Å². The van der Waals surface area contributed by atoms with Crippen LogP contribution in [0.3, 0.4) is 0 Å². The van der Waals surface area contributed by atoms with Gasteiger partial charge in [-0.1, -0.05) is 50.6 Å². The molecule has 1 amide bonds. The Hall–Kier alpha value is -1.55. The molecule has 1 rings (SSSR count). The zero-order valence-corrected chi connectivity index (χ0v) is 12.2. The minimum atomic E-state index is -0.404. The molecule has 0 aliphatic rings. The number of nitrogens with two attached hydrogens (primary N) is 1. The number of amides is 1. The zero-order chi connectivity index (χ0) is 14.5. The number of rotatable bonds is 5. The number of carbonyl (C=O) groups is 1. The molecular weight excluding hydrogens is 240 g/mol. The van der Waals surface area contributed by atoms with Crippen LogP contribution in [0.25, 0.3) is 0 Å². The average molecular weight is 266 g/mol. The maximum atomic E-state index is 10.7. The summed E-state index contributed by atoms with van der Waals surface area (Å²) in [5.41, 5.74) is 6.29. The van der Waals surface area contributed by atoms with Crippen LogP contribution in [0.15, 0.2) is 30.3 Å². The minimum absolute atomic E-state index is 0.320. The van der Waals surface area contributed by atoms with E-state index in [-0.39, 0.29) is 0 Å². The van der Waals surface area contributed by atoms with Gasteiger partial charge in [0.1, 0.15) is 6.61 Å². The first-order chi connectivity index (χ1) is 9.13. The normalized spacial score (nSPS) is 10.9. The Morgan fingerprint density at radius 2 is 2.00 bits per heavy atom. The molecule has 19 heavy (non-hydrogen) atoms. The Morgan fingerprint density at radius 3 is 2.42 bits per heavy atom. The molecular formula is C15H26N2O2. The molecule has 1 aromatic rings. The number of benzene rings is 1. The Balaban J connectivity index is 0.000000399. The lowest BCUT2D eigenvalue weighted by Gasteiger charge is -2.02. The Labute approximate surface area is 116 Å². The fourth-order valence-corrected chi connectivity index (χ4v) is 1.28. The molecule has 0 heterocycles. The highest BCUT2D eigenvalue weighted by molar-refractivity contribution is 5.66. The molecule has 0 aliphatic carbocycles. The summed E-state index contributed by atoms with van der Waals surface area (Å²) in [6.45, 7) is 5.59. The number of hydrogen-bond acceptors (Lipinski definition) is 3. The van der Waals surface area contributed by atoms with E-state index in [1.165, 1.54) is 19.9 Å². The first kappa shape index (κ1) is 17.4. The van der Waals surface area contributed by atoms with Gasteiger partial charge in [0.25, 0.3) is 0 Å². The molecule has 1 atom stereocenters. The molecule has 108 valence electrons. The lowest BCUT2D eigenvalue weighted by Crippen LogP contribution is -2.18. The molecule has 0 aliphatic heterocycles. The second kappa shape index (κ2) is 11.5. The van der Waals surface area contributed by atoms with E-state index in [9.17, 15) is 4.79 Å². The van der Waals surface area contributed by atoms with E-state index in [1.807, 2.05) is 30.3 Å². The quantitative estimate of drug-likeness (QED) is 0.861. The molecule has 3 N–H and O–H groups in total. The third-order valence-corrected chi connectivity index (χ3v) is 2.77. The number of alkyl carbamates (subject to hydrolysis) is 1. The van der Waals surface area contributed by atoms with Gasteiger partial charge in [0.15, 0.2) is 0 Å². The van der Waals surface area contributed by atoms with Gasteiger partial charge in [0.05, 0.1) is 0 Å². The van der Waals surface area contributed by atoms with E-state index in [4.69, 9.17) is 10.5 Å². The van der Waals surface area contributed by atoms with Crippen molar-refractivity contribution >= 4 is 6.09 Å². The van der Waals surface area contributed by atoms with E-state index in [0.29, 0.717) is 6.61 Å². The van der Waals surface area contributed by atoms with Crippen LogP contribution in [0.4, 0.5) is 4.79 Å². The van der Waals surface area contributed by atoms with Gasteiger partial charge in [0.2, 0.25) is 0 Å². The molecule has 4 heteroatoms. The highest BCUT2D eigenvalue weighted by atomic mass is 16.5. The van der Waals surface area contributed by atoms with Crippen LogP contribution < -0.4 is 11.1 Å². The fraction of sp³-hybridized carbons (Fsp3) is 0.533. The number of hydrogen-bond donors (Lipinski definition) is 2. The van der Waals surface area contributed by atoms with E-state index >= 15 is 0 Å². The molecule has 1 unspecified atom stereocenters. The molecule has 0 saturated heterocycles. The maximum Gasteiger partial charge on any atom is 0.407 e. The summed E-state index contributed by atoms with van der Waals surface area (Å²) in [4.78, 5) is 10.7. The summed E-state index contributed by atoms with van der Waals surface area (Å²) in [5, 5.41) is 2.37. The standard InChI is InChI=1S/C9H11NO2.C6H15N/c1-10-9(11)12-7-8-5-3-2-4-6-8;1-3-6(2)4-5-7/h2-6H,7H2,1H3,(H,10,11);6H,3-5,7H2,1-2H3. The van der Waals surface area contributed by atoms with E-state index < -0.39 is 6.09 Å². The van der Waals surface area contributed by atoms with Crippen molar-refractivity contribution in [3.8, 4) is 0 Å². The van der Waals surface area contributed by atoms with Crippen LogP contribution >= 0.6 is 0 Å². The average Bonchev–Trinajstić information content (AvgIpc) is 2.46. The molecule has 0 radical (unpaired) electrons. The highest BCUT2D eigenvalue weighted by Gasteiger charge is 1.97. The molecule has 1 aromatic carbocycles. The van der Waals surface area contributed by atoms with Crippen molar-refractivity contribution in [3.05, 3.63) is 35.9 Å². The van der Waals surface area contributed by atoms with Crippen molar-refractivity contribution in [1.82, 2.24) is 5.32 Å². The zero-order valence-electron chi connectivity index (χ0n) is 12.2. The van der Waals surface area contributed by atoms with Gasteiger partial charge in [-0.3, -0.25) is 0 Å². The predicted molar refractivity (Wildman–Crippen MR) is 78.8 cm³/mol. The van der Waals surface area contributed by atoms with Crippen molar-refractivity contribution < 1.29 is 9.53 Å². The third kappa shape index (κ3) is 10.1. The molecule has 4 nitrogen and oxygen atoms in total. The Kier molecular flexibility index (Phi) is 10.6. The molecule has 0 spiro atoms. The summed E-state index contributed by atoms with van der Waals surface area (Å²) >= 11 is 0. The lowest BCUT2D eigenvalue weighted by atomic mass is 10.1. The van der Waals surface area contributed by atoms with Gasteiger partial charge >= 0.3 is 6.09 Å². The SMILES string of the molecule is CCC(C)CCN.CNC(=O)OCc1ccccc1. The van der Waals surface area contributed by atoms with Gasteiger partial charge < -0.3 is 15.8 Å². The molecule has 0 bridgehead atoms. The Bertz CT molecular complexity index is 328. The second-order valence-electron chi connectivity index (χ2n) is 4.40. The predicted octanol–water partition coefficient (Wildman–Crippen LogP) is 2.92. The Morgan fingerprint density at radius 1 is 1.37 bits per heavy atom. The van der Waals surface area contributed by atoms with Crippen LogP contribution in [-0.4, -0.2) is 19.7 Å². The summed E-state index contributed by atoms with van der Waals surface area (Å²) in [7, 11) is 1.54. The van der Waals surface area contributed by atoms with Crippen molar-refractivity contribution in [2.75, 3.05) is 13.6 Å². The van der Waals surface area contributed by atoms with Gasteiger partial charge in [-0.05, 0) is 24.4 Å². The van der Waals surface area contributed by atoms with Crippen LogP contribution in [0.5, 0.6) is 0 Å². The summed E-state index contributed by atoms with van der Waals surface area (Å²) in [6, 6.07) is 9.54. The molecule has 0 fully saturated rings. The van der Waals surface area contributed by atoms with Gasteiger partial charge in [-0.15, -0.1) is 0 Å². The maximum absolute atomic E-state index is 10.7. The number of nitrogens with one attached hydrogen (secondary N) is 1. The molecule has 0 saturated carbocycles.